The summed E-state index contributed by atoms with van der Waals surface area (Å²) in [5.74, 6) is -0.171. The molecule has 43 heavy (non-hydrogen) atoms. The Morgan fingerprint density at radius 3 is 2.30 bits per heavy atom. The molecule has 1 saturated heterocycles. The van der Waals surface area contributed by atoms with E-state index in [0.29, 0.717) is 24.2 Å². The maximum atomic E-state index is 12.5. The van der Waals surface area contributed by atoms with E-state index in [1.54, 1.807) is 27.1 Å². The van der Waals surface area contributed by atoms with Gasteiger partial charge in [0.15, 0.2) is 27.8 Å². The minimum atomic E-state index is -2.13. The summed E-state index contributed by atoms with van der Waals surface area (Å²) < 4.78 is 28.1. The molecule has 1 aliphatic rings. The summed E-state index contributed by atoms with van der Waals surface area (Å²) in [5, 5.41) is 12.0. The molecule has 0 bridgehead atoms. The molecule has 0 spiro atoms. The van der Waals surface area contributed by atoms with E-state index in [9.17, 15) is 4.79 Å². The van der Waals surface area contributed by atoms with Crippen LogP contribution in [-0.2, 0) is 18.4 Å². The normalized spacial score (nSPS) is 20.8. The van der Waals surface area contributed by atoms with E-state index >= 15 is 0 Å². The lowest BCUT2D eigenvalue weighted by atomic mass is 10.2. The summed E-state index contributed by atoms with van der Waals surface area (Å²) in [6.45, 7) is 28.2. The van der Waals surface area contributed by atoms with E-state index < -0.39 is 29.0 Å². The average Bonchev–Trinajstić information content (AvgIpc) is 3.45. The smallest absolute Gasteiger partial charge is 0.247 e. The Bertz CT molecular complexity index is 1330. The van der Waals surface area contributed by atoms with Gasteiger partial charge in [0.25, 0.3) is 0 Å². The zero-order valence-corrected chi connectivity index (χ0v) is 30.4. The van der Waals surface area contributed by atoms with Crippen molar-refractivity contribution in [2.75, 3.05) is 11.9 Å². The quantitative estimate of drug-likeness (QED) is 0.265. The van der Waals surface area contributed by atoms with Crippen molar-refractivity contribution in [1.82, 2.24) is 19.5 Å². The molecule has 1 N–H and O–H groups in total. The van der Waals surface area contributed by atoms with Crippen molar-refractivity contribution >= 4 is 39.7 Å². The molecule has 2 aromatic heterocycles. The van der Waals surface area contributed by atoms with Crippen LogP contribution in [0, 0.1) is 17.2 Å². The second-order valence-corrected chi connectivity index (χ2v) is 24.5. The number of nitriles is 1. The number of carbonyl (C=O) groups excluding carboxylic acids is 1. The molecule has 1 fully saturated rings. The molecule has 0 radical (unpaired) electrons. The first-order valence-electron chi connectivity index (χ1n) is 15.2. The molecule has 0 aromatic carbocycles. The Morgan fingerprint density at radius 1 is 1.12 bits per heavy atom. The Hall–Kier alpha value is -2.38. The fraction of sp³-hybridized carbons (Fsp3) is 0.767. The number of anilines is 1. The van der Waals surface area contributed by atoms with Crippen molar-refractivity contribution in [2.45, 2.75) is 136 Å². The van der Waals surface area contributed by atoms with Crippen LogP contribution in [0.5, 0.6) is 5.88 Å². The first-order chi connectivity index (χ1) is 19.7. The predicted octanol–water partition coefficient (Wildman–Crippen LogP) is 6.80. The lowest BCUT2D eigenvalue weighted by molar-refractivity contribution is -0.118. The van der Waals surface area contributed by atoms with Gasteiger partial charge >= 0.3 is 0 Å². The molecule has 11 nitrogen and oxygen atoms in total. The Balaban J connectivity index is 2.02. The van der Waals surface area contributed by atoms with Crippen LogP contribution in [0.15, 0.2) is 6.33 Å². The molecule has 1 aliphatic heterocycles. The molecule has 240 valence electrons. The lowest BCUT2D eigenvalue weighted by Crippen LogP contribution is -2.48. The van der Waals surface area contributed by atoms with Crippen LogP contribution in [0.1, 0.15) is 81.4 Å². The van der Waals surface area contributed by atoms with Crippen molar-refractivity contribution in [3.63, 3.8) is 0 Å². The van der Waals surface area contributed by atoms with Crippen LogP contribution in [0.3, 0.4) is 0 Å². The number of ether oxygens (including phenoxy) is 2. The van der Waals surface area contributed by atoms with Gasteiger partial charge in [0.05, 0.1) is 31.5 Å². The van der Waals surface area contributed by atoms with E-state index in [2.05, 4.69) is 94.1 Å². The van der Waals surface area contributed by atoms with Crippen LogP contribution in [0.2, 0.25) is 36.3 Å². The molecule has 4 atom stereocenters. The molecular formula is C30H52N6O5Si2. The molecule has 3 heterocycles. The second kappa shape index (κ2) is 12.9. The van der Waals surface area contributed by atoms with E-state index in [0.717, 1.165) is 0 Å². The van der Waals surface area contributed by atoms with E-state index in [4.69, 9.17) is 23.6 Å². The maximum Gasteiger partial charge on any atom is 0.247 e. The van der Waals surface area contributed by atoms with Crippen LogP contribution >= 0.6 is 0 Å². The average molecular weight is 633 g/mol. The third-order valence-corrected chi connectivity index (χ3v) is 18.0. The largest absolute Gasteiger partial charge is 0.472 e. The standard InChI is InChI=1S/C30H52N6O5Si2/c1-19(2)26(37)34-28-33-25-24(27(35-28)39-20(3)14-15-31)32-18-36(25)23-16-21(41-43(12,13)30(7,8)9)22(40-23)17-38-42(10,11)29(4,5)6/h18-23H,14,16-17H2,1-13H3,(H,33,34,35,37)/t20?,21-,22+,23+/m0/s1. The number of fused-ring (bicyclic) bond motifs is 1. The summed E-state index contributed by atoms with van der Waals surface area (Å²) in [5.41, 5.74) is 0.897. The number of carbonyl (C=O) groups is 1. The molecule has 13 heteroatoms. The van der Waals surface area contributed by atoms with Crippen LogP contribution in [-0.4, -0.2) is 67.0 Å². The number of aromatic nitrogens is 4. The molecule has 1 amide bonds. The van der Waals surface area contributed by atoms with Gasteiger partial charge in [-0.2, -0.15) is 15.2 Å². The topological polar surface area (TPSA) is 133 Å². The number of nitrogens with one attached hydrogen (secondary N) is 1. The number of imidazole rings is 1. The highest BCUT2D eigenvalue weighted by Crippen LogP contribution is 2.43. The fourth-order valence-electron chi connectivity index (χ4n) is 4.06. The number of nitrogens with zero attached hydrogens (tertiary/aromatic N) is 5. The Labute approximate surface area is 259 Å². The summed E-state index contributed by atoms with van der Waals surface area (Å²) in [4.78, 5) is 26.3. The van der Waals surface area contributed by atoms with Gasteiger partial charge in [0, 0.05) is 12.3 Å². The number of amides is 1. The van der Waals surface area contributed by atoms with Crippen molar-refractivity contribution in [3.05, 3.63) is 6.33 Å². The first kappa shape index (κ1) is 35.1. The Kier molecular flexibility index (Phi) is 10.6. The maximum absolute atomic E-state index is 12.5. The molecule has 3 rings (SSSR count). The van der Waals surface area contributed by atoms with Gasteiger partial charge in [-0.3, -0.25) is 14.7 Å². The third-order valence-electron chi connectivity index (χ3n) is 9.00. The van der Waals surface area contributed by atoms with Crippen LogP contribution in [0.25, 0.3) is 11.2 Å². The van der Waals surface area contributed by atoms with Crippen molar-refractivity contribution in [2.24, 2.45) is 5.92 Å². The second-order valence-electron chi connectivity index (χ2n) is 15.0. The summed E-state index contributed by atoms with van der Waals surface area (Å²) in [6, 6.07) is 2.11. The van der Waals surface area contributed by atoms with Gasteiger partial charge in [-0.15, -0.1) is 0 Å². The molecular weight excluding hydrogens is 581 g/mol. The highest BCUT2D eigenvalue weighted by atomic mass is 28.4. The molecule has 0 saturated carbocycles. The van der Waals surface area contributed by atoms with Crippen LogP contribution < -0.4 is 10.1 Å². The highest BCUT2D eigenvalue weighted by molar-refractivity contribution is 6.74. The van der Waals surface area contributed by atoms with Crippen molar-refractivity contribution in [3.8, 4) is 11.9 Å². The van der Waals surface area contributed by atoms with Gasteiger partial charge < -0.3 is 18.3 Å². The Morgan fingerprint density at radius 2 is 1.74 bits per heavy atom. The lowest BCUT2D eigenvalue weighted by Gasteiger charge is -2.40. The van der Waals surface area contributed by atoms with Crippen molar-refractivity contribution < 1.29 is 23.1 Å². The zero-order chi connectivity index (χ0) is 32.5. The molecule has 2 aromatic rings. The first-order valence-corrected chi connectivity index (χ1v) is 21.0. The monoisotopic (exact) mass is 632 g/mol. The van der Waals surface area contributed by atoms with Gasteiger partial charge in [-0.1, -0.05) is 55.4 Å². The summed E-state index contributed by atoms with van der Waals surface area (Å²) in [6.07, 6.45) is 1.11. The minimum absolute atomic E-state index is 0.0285. The SMILES string of the molecule is CC(CC#N)Oc1nc(NC(=O)C(C)C)nc2c1ncn2[C@H]1C[C@H](O[Si](C)(C)C(C)(C)C)[C@@H](CO[Si](C)(C)C(C)(C)C)O1. The number of rotatable bonds is 11. The summed E-state index contributed by atoms with van der Waals surface area (Å²) in [7, 11) is -4.17. The van der Waals surface area contributed by atoms with E-state index in [-0.39, 0.29) is 52.4 Å². The van der Waals surface area contributed by atoms with E-state index in [1.807, 2.05) is 4.57 Å². The van der Waals surface area contributed by atoms with Gasteiger partial charge in [-0.25, -0.2) is 4.98 Å². The van der Waals surface area contributed by atoms with Crippen LogP contribution in [0.4, 0.5) is 5.95 Å². The summed E-state index contributed by atoms with van der Waals surface area (Å²) >= 11 is 0. The minimum Gasteiger partial charge on any atom is -0.472 e. The number of hydrogen-bond acceptors (Lipinski definition) is 9. The zero-order valence-electron chi connectivity index (χ0n) is 28.4. The van der Waals surface area contributed by atoms with E-state index in [1.165, 1.54) is 0 Å². The fourth-order valence-corrected chi connectivity index (χ4v) is 6.43. The van der Waals surface area contributed by atoms with Crippen molar-refractivity contribution in [1.29, 1.82) is 5.26 Å². The number of hydrogen-bond donors (Lipinski definition) is 1. The molecule has 1 unspecified atom stereocenters. The third kappa shape index (κ3) is 8.22. The molecule has 0 aliphatic carbocycles. The van der Waals surface area contributed by atoms with Gasteiger partial charge in [0.2, 0.25) is 17.7 Å². The highest BCUT2D eigenvalue weighted by Gasteiger charge is 2.47. The van der Waals surface area contributed by atoms with Gasteiger partial charge in [-0.05, 0) is 43.2 Å². The van der Waals surface area contributed by atoms with Gasteiger partial charge in [0.1, 0.15) is 18.4 Å². The predicted molar refractivity (Wildman–Crippen MR) is 173 cm³/mol.